The lowest BCUT2D eigenvalue weighted by atomic mass is 10.2. The molecule has 0 heterocycles. The molecule has 0 bridgehead atoms. The Morgan fingerprint density at radius 2 is 0.411 bits per heavy atom. The van der Waals surface area contributed by atoms with Gasteiger partial charge in [0, 0.05) is 0 Å². The third kappa shape index (κ3) is 22.0. The maximum Gasteiger partial charge on any atom is 0.424 e. The Hall–Kier alpha value is -4.95. The fourth-order valence-electron chi connectivity index (χ4n) is 7.78. The van der Waals surface area contributed by atoms with E-state index in [1.165, 1.54) is 14.3 Å². The van der Waals surface area contributed by atoms with Gasteiger partial charge in [-0.3, -0.25) is 13.6 Å². The number of hydrogen-bond donors (Lipinski definition) is 0. The molecule has 494 valence electrons. The fraction of sp³-hybridized carbons (Fsp3) is 0.0500. The topological polar surface area (TPSA) is 268 Å². The molecule has 6 atom stereocenters. The van der Waals surface area contributed by atoms with Crippen LogP contribution in [0, 0.1) is 0 Å². The summed E-state index contributed by atoms with van der Waals surface area (Å²) in [5.41, 5.74) is 1.86. The first-order valence-electron chi connectivity index (χ1n) is 27.9. The van der Waals surface area contributed by atoms with Crippen LogP contribution in [0.5, 0.6) is 51.7 Å². The maximum atomic E-state index is 11.6. The number of hydrazone groups is 3. The van der Waals surface area contributed by atoms with Gasteiger partial charge in [-0.2, -0.15) is 0 Å². The smallest absolute Gasteiger partial charge is 0.424 e. The largest absolute Gasteiger partial charge is 0.679 e. The van der Waals surface area contributed by atoms with Gasteiger partial charge in [-0.15, -0.1) is 29.6 Å². The lowest BCUT2D eigenvalue weighted by Gasteiger charge is -2.33. The van der Waals surface area contributed by atoms with E-state index in [0.29, 0.717) is 83.0 Å². The van der Waals surface area contributed by atoms with E-state index in [9.17, 15) is 29.4 Å². The summed E-state index contributed by atoms with van der Waals surface area (Å²) >= 11 is 24.3. The minimum absolute atomic E-state index is 0.288. The van der Waals surface area contributed by atoms with Crippen LogP contribution < -0.4 is 102 Å². The zero-order chi connectivity index (χ0) is 67.4. The molecule has 95 heavy (non-hydrogen) atoms. The molecule has 21 nitrogen and oxygen atoms in total. The Bertz CT molecular complexity index is 3430. The molecule has 0 saturated carbocycles. The van der Waals surface area contributed by atoms with Crippen LogP contribution in [0.25, 0.3) is 0 Å². The standard InChI is InChI=1S/C60H60N6O15P10S4/c1-64(88(92,73-46-16-28-55(82-67)29-17-46)74-47-18-30-56(83-68)31-19-47)61-40-43-4-10-52(11-5-43)79-91(95,80-53-12-6-44(7-13-53)41-62-65(2)89(93,75-48-20-32-57(84-69)33-21-48)76-49-22-34-58(85-70)35-23-49)81-54-14-8-45(9-15-54)42-63-66(3)90(94,77-50-24-36-59(86-71)37-25-50)78-51-26-38-60(87-72)39-27-51/h4-42H,82-87H2,1-3H3/b61-40-,62-41-,63-42-. The van der Waals surface area contributed by atoms with Gasteiger partial charge < -0.3 is 105 Å². The first kappa shape index (κ1) is 74.3. The predicted molar refractivity (Wildman–Crippen MR) is 403 cm³/mol. The summed E-state index contributed by atoms with van der Waals surface area (Å²) in [4.78, 5) is 69.6. The van der Waals surface area contributed by atoms with Gasteiger partial charge in [0.15, 0.2) is 51.7 Å². The third-order valence-corrected chi connectivity index (χ3v) is 27.4. The van der Waals surface area contributed by atoms with Crippen molar-refractivity contribution < 1.29 is 70.1 Å². The molecule has 0 aromatic heterocycles. The van der Waals surface area contributed by atoms with Crippen molar-refractivity contribution in [2.24, 2.45) is 15.3 Å². The zero-order valence-electron chi connectivity index (χ0n) is 50.2. The van der Waals surface area contributed by atoms with Crippen molar-refractivity contribution in [1.82, 2.24) is 14.3 Å². The Morgan fingerprint density at radius 3 is 0.568 bits per heavy atom. The summed E-state index contributed by atoms with van der Waals surface area (Å²) in [5, 5.41) is 17.8. The molecule has 9 aromatic rings. The summed E-state index contributed by atoms with van der Waals surface area (Å²) in [6, 6.07) is 60.6. The van der Waals surface area contributed by atoms with Crippen LogP contribution in [0.4, 0.5) is 0 Å². The molecule has 0 radical (unpaired) electrons. The summed E-state index contributed by atoms with van der Waals surface area (Å²) < 4.78 is 61.6. The second-order valence-corrected chi connectivity index (χ2v) is 37.7. The summed E-state index contributed by atoms with van der Waals surface area (Å²) in [7, 11) is -16.2. The Balaban J connectivity index is 0.949. The molecule has 9 rings (SSSR count). The van der Waals surface area contributed by atoms with E-state index in [-0.39, 0.29) is 17.2 Å². The van der Waals surface area contributed by atoms with Gasteiger partial charge in [0.2, 0.25) is 0 Å². The van der Waals surface area contributed by atoms with Crippen LogP contribution in [0.2, 0.25) is 0 Å². The van der Waals surface area contributed by atoms with Crippen molar-refractivity contribution in [2.45, 2.75) is 0 Å². The van der Waals surface area contributed by atoms with E-state index in [0.717, 1.165) is 0 Å². The number of nitrogens with zero attached hydrogens (tertiary/aromatic N) is 6. The summed E-state index contributed by atoms with van der Waals surface area (Å²) in [6.45, 7) is 0. The van der Waals surface area contributed by atoms with Crippen molar-refractivity contribution in [3.8, 4) is 51.7 Å². The lowest BCUT2D eigenvalue weighted by molar-refractivity contribution is -0.148. The average Bonchev–Trinajstić information content (AvgIpc) is 0.945. The SMILES string of the molecule is CN(/N=C\c1ccc(O[P+]([S-])(Oc2ccc(/C=N\N(C)[P+]([S-])(Oc3ccc([PH2+][O-])cc3)Oc3ccc([PH2+][O-])cc3)cc2)Oc2ccc(/C=N\N(C)[P+]([S-])(Oc3ccc([PH2+][O-])cc3)Oc3ccc([PH2+][O-])cc3)cc2)cc1)[P+]([S-])(Oc1ccc([PH2+][O-])cc1)Oc1ccc([PH2+][O-])cc1. The van der Waals surface area contributed by atoms with E-state index in [4.69, 9.17) is 89.7 Å². The number of benzene rings is 9. The van der Waals surface area contributed by atoms with E-state index < -0.39 is 81.2 Å². The van der Waals surface area contributed by atoms with Crippen LogP contribution in [-0.4, -0.2) is 54.1 Å². The zero-order valence-corrected chi connectivity index (χ0v) is 64.0. The molecule has 0 amide bonds. The average molecular weight is 1540 g/mol. The Morgan fingerprint density at radius 1 is 0.263 bits per heavy atom. The molecule has 0 fully saturated rings. The minimum atomic E-state index is -3.84. The lowest BCUT2D eigenvalue weighted by Crippen LogP contribution is -2.22. The molecule has 0 N–H and O–H groups in total. The molecule has 9 aromatic carbocycles. The summed E-state index contributed by atoms with van der Waals surface area (Å²) in [6.07, 6.45) is 4.68. The van der Waals surface area contributed by atoms with Crippen LogP contribution in [0.1, 0.15) is 16.7 Å². The first-order chi connectivity index (χ1) is 45.8. The van der Waals surface area contributed by atoms with Gasteiger partial charge in [0.25, 0.3) is 0 Å². The van der Waals surface area contributed by atoms with Crippen LogP contribution in [-0.2, 0) is 49.0 Å². The minimum Gasteiger partial charge on any atom is -0.679 e. The molecule has 0 aliphatic heterocycles. The van der Waals surface area contributed by atoms with Gasteiger partial charge in [0.05, 0.1) is 71.6 Å². The highest BCUT2D eigenvalue weighted by Crippen LogP contribution is 2.63. The molecule has 0 spiro atoms. The van der Waals surface area contributed by atoms with E-state index in [1.54, 1.807) is 258 Å². The maximum absolute atomic E-state index is 11.6. The highest BCUT2D eigenvalue weighted by Gasteiger charge is 2.40. The molecule has 35 heteroatoms. The van der Waals surface area contributed by atoms with Gasteiger partial charge in [-0.1, -0.05) is 0 Å². The van der Waals surface area contributed by atoms with E-state index in [1.807, 2.05) is 0 Å². The highest BCUT2D eigenvalue weighted by molar-refractivity contribution is 8.38. The molecule has 0 aliphatic carbocycles. The molecular weight excluding hydrogens is 1480 g/mol. The molecule has 6 unspecified atom stereocenters. The highest BCUT2D eigenvalue weighted by atomic mass is 32.7. The van der Waals surface area contributed by atoms with E-state index >= 15 is 0 Å². The molecule has 0 saturated heterocycles. The predicted octanol–water partition coefficient (Wildman–Crippen LogP) is 6.26. The summed E-state index contributed by atoms with van der Waals surface area (Å²) in [5.74, 6) is 3.15. The van der Waals surface area contributed by atoms with Gasteiger partial charge in [-0.25, -0.2) is 0 Å². The second-order valence-electron chi connectivity index (χ2n) is 19.7. The molecule has 0 aliphatic rings. The van der Waals surface area contributed by atoms with Crippen LogP contribution >= 0.6 is 81.2 Å². The van der Waals surface area contributed by atoms with Crippen molar-refractivity contribution in [1.29, 1.82) is 0 Å². The van der Waals surface area contributed by atoms with Crippen LogP contribution in [0.15, 0.2) is 234 Å². The number of hydrogen-bond acceptors (Lipinski definition) is 25. The third-order valence-electron chi connectivity index (χ3n) is 12.9. The van der Waals surface area contributed by atoms with Gasteiger partial charge >= 0.3 is 28.4 Å². The van der Waals surface area contributed by atoms with Crippen molar-refractivity contribution in [3.05, 3.63) is 235 Å². The normalized spacial score (nSPS) is 14.7. The van der Waals surface area contributed by atoms with Crippen molar-refractivity contribution in [3.63, 3.8) is 0 Å². The van der Waals surface area contributed by atoms with Crippen LogP contribution in [0.3, 0.4) is 0 Å². The Labute approximate surface area is 584 Å². The van der Waals surface area contributed by atoms with Crippen molar-refractivity contribution >= 4 is 181 Å². The Kier molecular flexibility index (Phi) is 27.9. The monoisotopic (exact) mass is 1540 g/mol. The second kappa shape index (κ2) is 35.7. The fourth-order valence-corrected chi connectivity index (χ4v) is 17.5. The van der Waals surface area contributed by atoms with E-state index in [2.05, 4.69) is 15.3 Å². The quantitative estimate of drug-likeness (QED) is 0.0190. The first-order valence-corrected chi connectivity index (χ1v) is 44.6. The van der Waals surface area contributed by atoms with Gasteiger partial charge in [-0.05, 0) is 288 Å². The molecular formula is C60H60N6O15P10S4. The van der Waals surface area contributed by atoms with Crippen molar-refractivity contribution in [2.75, 3.05) is 21.1 Å². The number of rotatable bonds is 33. The van der Waals surface area contributed by atoms with Gasteiger partial charge in [0.1, 0.15) is 0 Å².